The molecule has 84 heavy (non-hydrogen) atoms. The van der Waals surface area contributed by atoms with E-state index in [1.54, 1.807) is 34.3 Å². The highest BCUT2D eigenvalue weighted by Crippen LogP contribution is 2.46. The van der Waals surface area contributed by atoms with Gasteiger partial charge in [-0.1, -0.05) is 24.3 Å². The van der Waals surface area contributed by atoms with Crippen LogP contribution in [0.3, 0.4) is 0 Å². The number of likely N-dealkylation sites (tertiary alicyclic amines) is 2. The molecule has 18 nitrogen and oxygen atoms in total. The fourth-order valence-corrected chi connectivity index (χ4v) is 12.7. The number of carbonyl (C=O) groups excluding carboxylic acids is 4. The standard InChI is InChI=1S/2C28H27F5N6O3/c2*29-20-5-1-3-18(23(20)30)17-7-6-16(25-37-36-21(39(25)15-17)14-28(31,32)33)13-22(40)38-11-8-27(9-12-38)19-4-2-10-34-24(19)35-26(41)42-27/h2*1-5,10,16-17H,6-9,11-15H2,(H,34,35,41)/t2*16-,17-/m10/s1. The molecule has 0 unspecified atom stereocenters. The average molecular weight is 1180 g/mol. The normalized spacial score (nSPS) is 21.6. The van der Waals surface area contributed by atoms with Crippen molar-refractivity contribution in [3.05, 3.63) is 142 Å². The quantitative estimate of drug-likeness (QED) is 0.137. The number of aromatic nitrogens is 8. The average Bonchev–Trinajstić information content (AvgIpc) is 3.00. The van der Waals surface area contributed by atoms with E-state index in [0.717, 1.165) is 23.3 Å². The maximum Gasteiger partial charge on any atom is 0.413 e. The Morgan fingerprint density at radius 3 is 1.32 bits per heavy atom. The van der Waals surface area contributed by atoms with Crippen LogP contribution in [0.15, 0.2) is 73.1 Å². The van der Waals surface area contributed by atoms with E-state index in [0.29, 0.717) is 63.0 Å². The van der Waals surface area contributed by atoms with Gasteiger partial charge in [0.25, 0.3) is 0 Å². The largest absolute Gasteiger partial charge is 0.437 e. The number of alkyl halides is 6. The summed E-state index contributed by atoms with van der Waals surface area (Å²) in [5.41, 5.74) is -0.234. The highest BCUT2D eigenvalue weighted by molar-refractivity contribution is 5.88. The third-order valence-electron chi connectivity index (χ3n) is 16.8. The maximum absolute atomic E-state index is 14.7. The van der Waals surface area contributed by atoms with E-state index < -0.39 is 95.5 Å². The maximum atomic E-state index is 14.7. The number of carbonyl (C=O) groups is 4. The molecule has 2 saturated heterocycles. The number of ether oxygens (including phenoxy) is 2. The Kier molecular flexibility index (Phi) is 15.6. The molecule has 10 heterocycles. The van der Waals surface area contributed by atoms with E-state index in [2.05, 4.69) is 41.0 Å². The van der Waals surface area contributed by atoms with Crippen LogP contribution in [0, 0.1) is 23.3 Å². The molecular weight excluding hydrogens is 1130 g/mol. The lowest BCUT2D eigenvalue weighted by molar-refractivity contribution is -0.137. The van der Waals surface area contributed by atoms with Crippen LogP contribution >= 0.6 is 0 Å². The molecule has 2 spiro atoms. The van der Waals surface area contributed by atoms with E-state index in [1.807, 2.05) is 12.1 Å². The van der Waals surface area contributed by atoms with Crippen molar-refractivity contribution in [1.82, 2.24) is 49.3 Å². The molecule has 2 N–H and O–H groups in total. The Morgan fingerprint density at radius 1 is 0.548 bits per heavy atom. The fraction of sp³-hybridized carbons (Fsp3) is 0.464. The molecule has 4 atom stereocenters. The number of nitrogens with zero attached hydrogens (tertiary/aromatic N) is 10. The van der Waals surface area contributed by atoms with Gasteiger partial charge in [-0.3, -0.25) is 20.2 Å². The second-order valence-electron chi connectivity index (χ2n) is 22.0. The number of nitrogens with one attached hydrogen (secondary N) is 2. The molecule has 0 aliphatic carbocycles. The topological polar surface area (TPSA) is 204 Å². The van der Waals surface area contributed by atoms with E-state index in [4.69, 9.17) is 9.47 Å². The summed E-state index contributed by atoms with van der Waals surface area (Å²) >= 11 is 0. The van der Waals surface area contributed by atoms with Gasteiger partial charge >= 0.3 is 24.5 Å². The molecule has 12 rings (SSSR count). The first kappa shape index (κ1) is 57.6. The molecule has 0 saturated carbocycles. The minimum absolute atomic E-state index is 0.0466. The van der Waals surface area contributed by atoms with Gasteiger partial charge < -0.3 is 28.4 Å². The number of hydrogen-bond acceptors (Lipinski definition) is 12. The monoisotopic (exact) mass is 1180 g/mol. The number of fused-ring (bicyclic) bond motifs is 6. The second kappa shape index (κ2) is 22.8. The van der Waals surface area contributed by atoms with Gasteiger partial charge in [0.1, 0.15) is 59.0 Å². The summed E-state index contributed by atoms with van der Waals surface area (Å²) in [5.74, 6) is -6.43. The lowest BCUT2D eigenvalue weighted by atomic mass is 9.83. The summed E-state index contributed by atoms with van der Waals surface area (Å²) in [6.45, 7) is 1.01. The summed E-state index contributed by atoms with van der Waals surface area (Å²) < 4.78 is 152. The summed E-state index contributed by atoms with van der Waals surface area (Å²) in [6.07, 6.45) is -7.33. The molecule has 28 heteroatoms. The molecule has 4 amide bonds. The first-order chi connectivity index (χ1) is 40.1. The zero-order valence-corrected chi connectivity index (χ0v) is 44.7. The van der Waals surface area contributed by atoms with Crippen LogP contribution in [0.25, 0.3) is 0 Å². The number of piperidine rings is 2. The van der Waals surface area contributed by atoms with Crippen molar-refractivity contribution in [3.8, 4) is 0 Å². The molecular formula is C56H54F10N12O6. The predicted octanol–water partition coefficient (Wildman–Crippen LogP) is 10.4. The van der Waals surface area contributed by atoms with Crippen LogP contribution in [0.1, 0.15) is 133 Å². The van der Waals surface area contributed by atoms with Crippen molar-refractivity contribution in [3.63, 3.8) is 0 Å². The Labute approximate surface area is 472 Å². The smallest absolute Gasteiger partial charge is 0.413 e. The zero-order valence-electron chi connectivity index (χ0n) is 44.7. The molecule has 2 aromatic carbocycles. The van der Waals surface area contributed by atoms with Gasteiger partial charge in [0.05, 0.1) is 0 Å². The summed E-state index contributed by atoms with van der Waals surface area (Å²) in [6, 6.07) is 14.7. The van der Waals surface area contributed by atoms with Crippen molar-refractivity contribution in [2.75, 3.05) is 36.8 Å². The molecule has 6 aromatic rings. The summed E-state index contributed by atoms with van der Waals surface area (Å²) in [4.78, 5) is 63.1. The van der Waals surface area contributed by atoms with Gasteiger partial charge in [-0.25, -0.2) is 37.1 Å². The molecule has 2 fully saturated rings. The SMILES string of the molecule is O=C1Nc2ncccc2C2(CCN(C(=O)C[C@@H]3CC[C@H](c4cccc(F)c4F)Cn4c(CC(F)(F)F)nnc43)CC2)O1.O=C1Nc2ncccc2C2(CCN(C(=O)C[C@H]3CC[C@@H](c4cccc(F)c4F)Cn4c(CC(F)(F)F)nnc43)CC2)O1. The Balaban J connectivity index is 0.000000175. The number of rotatable bonds is 8. The van der Waals surface area contributed by atoms with Gasteiger partial charge in [0, 0.05) is 125 Å². The number of pyridine rings is 2. The van der Waals surface area contributed by atoms with Crippen LogP contribution in [0.4, 0.5) is 65.1 Å². The molecule has 6 aliphatic rings. The van der Waals surface area contributed by atoms with Crippen molar-refractivity contribution in [1.29, 1.82) is 0 Å². The van der Waals surface area contributed by atoms with E-state index >= 15 is 0 Å². The van der Waals surface area contributed by atoms with Gasteiger partial charge in [-0.15, -0.1) is 20.4 Å². The van der Waals surface area contributed by atoms with E-state index in [9.17, 15) is 63.1 Å². The Morgan fingerprint density at radius 2 is 0.940 bits per heavy atom. The molecule has 4 aromatic heterocycles. The van der Waals surface area contributed by atoms with Gasteiger partial charge in [-0.2, -0.15) is 26.3 Å². The minimum atomic E-state index is -4.56. The van der Waals surface area contributed by atoms with Gasteiger partial charge in [0.15, 0.2) is 23.3 Å². The number of halogens is 10. The third-order valence-corrected chi connectivity index (χ3v) is 16.8. The Bertz CT molecular complexity index is 3260. The van der Waals surface area contributed by atoms with Gasteiger partial charge in [-0.05, 0) is 73.2 Å². The molecule has 6 aliphatic heterocycles. The second-order valence-corrected chi connectivity index (χ2v) is 22.0. The van der Waals surface area contributed by atoms with Gasteiger partial charge in [0.2, 0.25) is 11.8 Å². The number of benzene rings is 2. The van der Waals surface area contributed by atoms with E-state index in [1.165, 1.54) is 33.4 Å². The summed E-state index contributed by atoms with van der Waals surface area (Å²) in [5, 5.41) is 20.9. The van der Waals surface area contributed by atoms with Crippen molar-refractivity contribution >= 4 is 35.6 Å². The third kappa shape index (κ3) is 11.8. The lowest BCUT2D eigenvalue weighted by Crippen LogP contribution is -2.50. The highest BCUT2D eigenvalue weighted by atomic mass is 19.4. The molecule has 0 radical (unpaired) electrons. The van der Waals surface area contributed by atoms with Crippen molar-refractivity contribution in [2.24, 2.45) is 0 Å². The van der Waals surface area contributed by atoms with Crippen LogP contribution < -0.4 is 10.6 Å². The number of anilines is 2. The van der Waals surface area contributed by atoms with Crippen LogP contribution in [-0.4, -0.2) is 112 Å². The fourth-order valence-electron chi connectivity index (χ4n) is 12.7. The Hall–Kier alpha value is -8.20. The van der Waals surface area contributed by atoms with Crippen LogP contribution in [0.5, 0.6) is 0 Å². The highest BCUT2D eigenvalue weighted by Gasteiger charge is 2.48. The first-order valence-electron chi connectivity index (χ1n) is 27.4. The van der Waals surface area contributed by atoms with Crippen LogP contribution in [-0.2, 0) is 56.2 Å². The van der Waals surface area contributed by atoms with Crippen molar-refractivity contribution in [2.45, 2.75) is 137 Å². The summed E-state index contributed by atoms with van der Waals surface area (Å²) in [7, 11) is 0. The van der Waals surface area contributed by atoms with E-state index in [-0.39, 0.29) is 98.3 Å². The molecule has 0 bridgehead atoms. The zero-order chi connectivity index (χ0) is 59.3. The first-order valence-corrected chi connectivity index (χ1v) is 27.4. The minimum Gasteiger partial charge on any atom is -0.437 e. The van der Waals surface area contributed by atoms with Crippen molar-refractivity contribution < 1.29 is 72.6 Å². The van der Waals surface area contributed by atoms with Crippen LogP contribution in [0.2, 0.25) is 0 Å². The number of amides is 4. The lowest BCUT2D eigenvalue weighted by Gasteiger charge is -2.43. The predicted molar refractivity (Wildman–Crippen MR) is 275 cm³/mol. The molecule has 444 valence electrons. The number of hydrogen-bond donors (Lipinski definition) is 2.